The molecule has 89 heavy (non-hydrogen) atoms. The molecule has 1 amide bonds. The van der Waals surface area contributed by atoms with Gasteiger partial charge in [0, 0.05) is 6.42 Å². The van der Waals surface area contributed by atoms with Gasteiger partial charge in [0.1, 0.15) is 24.4 Å². The fourth-order valence-electron chi connectivity index (χ4n) is 11.2. The van der Waals surface area contributed by atoms with Crippen LogP contribution in [0.25, 0.3) is 0 Å². The number of unbranched alkanes of at least 4 members (excludes halogenated alkanes) is 35. The van der Waals surface area contributed by atoms with Crippen LogP contribution in [0.1, 0.15) is 323 Å². The second-order valence-corrected chi connectivity index (χ2v) is 25.3. The van der Waals surface area contributed by atoms with Crippen LogP contribution in [0.15, 0.2) is 97.2 Å². The molecule has 0 saturated carbocycles. The molecule has 0 aliphatic carbocycles. The standard InChI is InChI=1S/C78H137NO10/c1-4-7-10-13-16-19-22-24-26-28-30-32-34-36-38-40-42-44-46-48-51-54-57-60-63-66-73(83)89-76-75(85)74(84)72(67-80)88-78(76)87-68-69(70(81)64-61-58-55-52-49-21-18-15-12-9-6-3)79-77(86)71(82)65-62-59-56-53-50-47-45-43-41-39-37-35-33-31-29-27-25-23-20-17-14-11-8-5-2/h8,11,16-17,19-20,24-27,31,33,37,39,61,64,69-72,74-76,78,80-82,84-85H,4-7,9-10,12-15,18,21-23,28-30,32,34-36,38,40-60,62-63,65-68H2,1-3H3,(H,79,86)/b11-8-,19-16-,20-17-,26-24-,27-25-,33-31-,39-37-,64-61+. The van der Waals surface area contributed by atoms with E-state index in [9.17, 15) is 35.1 Å². The summed E-state index contributed by atoms with van der Waals surface area (Å²) in [5, 5.41) is 57.3. The summed E-state index contributed by atoms with van der Waals surface area (Å²) in [7, 11) is 0. The van der Waals surface area contributed by atoms with Gasteiger partial charge in [0.05, 0.1) is 25.4 Å². The average Bonchev–Trinajstić information content (AvgIpc) is 3.72. The maximum absolute atomic E-state index is 13.5. The van der Waals surface area contributed by atoms with Crippen LogP contribution < -0.4 is 5.32 Å². The first-order valence-electron chi connectivity index (χ1n) is 37.0. The van der Waals surface area contributed by atoms with E-state index in [4.69, 9.17) is 14.2 Å². The van der Waals surface area contributed by atoms with Gasteiger partial charge < -0.3 is 45.1 Å². The number of aliphatic hydroxyl groups is 5. The van der Waals surface area contributed by atoms with Gasteiger partial charge in [-0.2, -0.15) is 0 Å². The van der Waals surface area contributed by atoms with Gasteiger partial charge in [-0.3, -0.25) is 9.59 Å². The molecule has 1 saturated heterocycles. The Morgan fingerprint density at radius 2 is 0.809 bits per heavy atom. The largest absolute Gasteiger partial charge is 0.454 e. The molecule has 8 unspecified atom stereocenters. The van der Waals surface area contributed by atoms with Crippen LogP contribution in [0.4, 0.5) is 0 Å². The summed E-state index contributed by atoms with van der Waals surface area (Å²) in [6, 6.07) is -1.03. The van der Waals surface area contributed by atoms with Crippen LogP contribution in [0.2, 0.25) is 0 Å². The fraction of sp³-hybridized carbons (Fsp3) is 0.769. The fourth-order valence-corrected chi connectivity index (χ4v) is 11.2. The van der Waals surface area contributed by atoms with Gasteiger partial charge in [-0.15, -0.1) is 0 Å². The number of rotatable bonds is 63. The van der Waals surface area contributed by atoms with E-state index in [0.29, 0.717) is 12.8 Å². The minimum Gasteiger partial charge on any atom is -0.454 e. The maximum Gasteiger partial charge on any atom is 0.306 e. The van der Waals surface area contributed by atoms with Crippen LogP contribution in [0.3, 0.4) is 0 Å². The predicted octanol–water partition coefficient (Wildman–Crippen LogP) is 19.4. The summed E-state index contributed by atoms with van der Waals surface area (Å²) < 4.78 is 17.7. The van der Waals surface area contributed by atoms with Crippen molar-refractivity contribution in [3.05, 3.63) is 97.2 Å². The summed E-state index contributed by atoms with van der Waals surface area (Å²) in [5.74, 6) is -1.20. The molecule has 1 rings (SSSR count). The summed E-state index contributed by atoms with van der Waals surface area (Å²) in [6.07, 6.45) is 77.4. The highest BCUT2D eigenvalue weighted by Crippen LogP contribution is 2.26. The SMILES string of the molecule is CC/C=C\C/C=C\C/C=C\C/C=C\C/C=C\CCCCCCCCCCC(O)C(=O)NC(COC1OC(CO)C(O)C(O)C1OC(=O)CCCCCCCCCCCCCCCCC/C=C\C/C=C\CCCCC)C(O)/C=C/CCCCCCCCCCC. The Morgan fingerprint density at radius 3 is 1.24 bits per heavy atom. The van der Waals surface area contributed by atoms with Crippen molar-refractivity contribution in [3.63, 3.8) is 0 Å². The van der Waals surface area contributed by atoms with Crippen molar-refractivity contribution < 1.29 is 49.3 Å². The number of carbonyl (C=O) groups excluding carboxylic acids is 2. The smallest absolute Gasteiger partial charge is 0.306 e. The first-order chi connectivity index (χ1) is 43.7. The van der Waals surface area contributed by atoms with E-state index in [0.717, 1.165) is 103 Å². The van der Waals surface area contributed by atoms with E-state index in [1.807, 2.05) is 6.08 Å². The second kappa shape index (κ2) is 64.7. The van der Waals surface area contributed by atoms with Gasteiger partial charge in [-0.05, 0) is 103 Å². The molecule has 0 aromatic heterocycles. The Morgan fingerprint density at radius 1 is 0.449 bits per heavy atom. The molecule has 0 bridgehead atoms. The molecule has 1 aliphatic rings. The molecule has 1 heterocycles. The number of esters is 1. The topological polar surface area (TPSA) is 175 Å². The third kappa shape index (κ3) is 51.7. The molecule has 11 heteroatoms. The third-order valence-electron chi connectivity index (χ3n) is 17.0. The Balaban J connectivity index is 2.53. The second-order valence-electron chi connectivity index (χ2n) is 25.3. The first kappa shape index (κ1) is 83.6. The average molecular weight is 1250 g/mol. The molecular formula is C78H137NO10. The first-order valence-corrected chi connectivity index (χ1v) is 37.0. The van der Waals surface area contributed by atoms with Crippen LogP contribution in [0, 0.1) is 0 Å². The predicted molar refractivity (Wildman–Crippen MR) is 375 cm³/mol. The lowest BCUT2D eigenvalue weighted by Gasteiger charge is -2.41. The van der Waals surface area contributed by atoms with Crippen molar-refractivity contribution in [2.24, 2.45) is 0 Å². The Bertz CT molecular complexity index is 1820. The molecule has 8 atom stereocenters. The van der Waals surface area contributed by atoms with Crippen LogP contribution >= 0.6 is 0 Å². The highest BCUT2D eigenvalue weighted by atomic mass is 16.7. The lowest BCUT2D eigenvalue weighted by atomic mass is 9.99. The highest BCUT2D eigenvalue weighted by Gasteiger charge is 2.47. The molecule has 1 aliphatic heterocycles. The number of allylic oxidation sites excluding steroid dienone is 15. The summed E-state index contributed by atoms with van der Waals surface area (Å²) in [6.45, 7) is 5.67. The van der Waals surface area contributed by atoms with Gasteiger partial charge in [-0.25, -0.2) is 0 Å². The number of carbonyl (C=O) groups is 2. The summed E-state index contributed by atoms with van der Waals surface area (Å²) in [4.78, 5) is 26.7. The molecule has 6 N–H and O–H groups in total. The van der Waals surface area contributed by atoms with E-state index in [1.165, 1.54) is 173 Å². The zero-order valence-electron chi connectivity index (χ0n) is 57.3. The number of hydrogen-bond acceptors (Lipinski definition) is 10. The highest BCUT2D eigenvalue weighted by molar-refractivity contribution is 5.80. The van der Waals surface area contributed by atoms with E-state index < -0.39 is 67.4 Å². The molecule has 0 aromatic rings. The van der Waals surface area contributed by atoms with E-state index in [2.05, 4.69) is 111 Å². The van der Waals surface area contributed by atoms with Crippen LogP contribution in [0.5, 0.6) is 0 Å². The zero-order valence-corrected chi connectivity index (χ0v) is 57.3. The number of amides is 1. The summed E-state index contributed by atoms with van der Waals surface area (Å²) in [5.41, 5.74) is 0. The van der Waals surface area contributed by atoms with Gasteiger partial charge in [0.2, 0.25) is 5.91 Å². The Kier molecular flexibility index (Phi) is 60.7. The lowest BCUT2D eigenvalue weighted by molar-refractivity contribution is -0.305. The minimum atomic E-state index is -1.62. The van der Waals surface area contributed by atoms with E-state index in [-0.39, 0.29) is 19.4 Å². The van der Waals surface area contributed by atoms with Crippen molar-refractivity contribution in [1.29, 1.82) is 0 Å². The summed E-state index contributed by atoms with van der Waals surface area (Å²) >= 11 is 0. The lowest BCUT2D eigenvalue weighted by Crippen LogP contribution is -2.61. The quantitative estimate of drug-likeness (QED) is 0.0195. The van der Waals surface area contributed by atoms with Crippen LogP contribution in [-0.2, 0) is 23.8 Å². The van der Waals surface area contributed by atoms with Crippen molar-refractivity contribution in [1.82, 2.24) is 5.32 Å². The third-order valence-corrected chi connectivity index (χ3v) is 17.0. The minimum absolute atomic E-state index is 0.121. The monoisotopic (exact) mass is 1250 g/mol. The normalized spacial score (nSPS) is 18.7. The molecule has 0 radical (unpaired) electrons. The molecular weight excluding hydrogens is 1110 g/mol. The molecule has 514 valence electrons. The van der Waals surface area contributed by atoms with E-state index >= 15 is 0 Å². The van der Waals surface area contributed by atoms with Gasteiger partial charge >= 0.3 is 5.97 Å². The van der Waals surface area contributed by atoms with E-state index in [1.54, 1.807) is 6.08 Å². The zero-order chi connectivity index (χ0) is 64.6. The van der Waals surface area contributed by atoms with Gasteiger partial charge in [0.25, 0.3) is 0 Å². The molecule has 0 spiro atoms. The Labute approximate surface area is 546 Å². The molecule has 11 nitrogen and oxygen atoms in total. The van der Waals surface area contributed by atoms with Crippen LogP contribution in [-0.4, -0.2) is 99.6 Å². The number of ether oxygens (including phenoxy) is 3. The van der Waals surface area contributed by atoms with Gasteiger partial charge in [-0.1, -0.05) is 311 Å². The number of aliphatic hydroxyl groups excluding tert-OH is 5. The Hall–Kier alpha value is -3.42. The van der Waals surface area contributed by atoms with Crippen molar-refractivity contribution in [2.45, 2.75) is 372 Å². The number of hydrogen-bond donors (Lipinski definition) is 6. The van der Waals surface area contributed by atoms with Gasteiger partial charge in [0.15, 0.2) is 12.4 Å². The van der Waals surface area contributed by atoms with Crippen molar-refractivity contribution in [3.8, 4) is 0 Å². The number of nitrogens with one attached hydrogen (secondary N) is 1. The molecule has 1 fully saturated rings. The maximum atomic E-state index is 13.5. The van der Waals surface area contributed by atoms with Crippen molar-refractivity contribution >= 4 is 11.9 Å². The van der Waals surface area contributed by atoms with Crippen molar-refractivity contribution in [2.75, 3.05) is 13.2 Å². The molecule has 0 aromatic carbocycles.